The van der Waals surface area contributed by atoms with Crippen LogP contribution >= 0.6 is 0 Å². The fourth-order valence-electron chi connectivity index (χ4n) is 1.61. The summed E-state index contributed by atoms with van der Waals surface area (Å²) < 4.78 is 6.70. The van der Waals surface area contributed by atoms with Crippen molar-refractivity contribution in [1.82, 2.24) is 0 Å². The van der Waals surface area contributed by atoms with E-state index in [1.165, 1.54) is 5.57 Å². The van der Waals surface area contributed by atoms with Crippen molar-refractivity contribution in [2.75, 3.05) is 27.7 Å². The van der Waals surface area contributed by atoms with Crippen LogP contribution in [0.3, 0.4) is 0 Å². The molecule has 0 N–H and O–H groups in total. The summed E-state index contributed by atoms with van der Waals surface area (Å²) in [5.74, 6) is 0. The van der Waals surface area contributed by atoms with Gasteiger partial charge in [-0.25, -0.2) is 0 Å². The molecule has 0 aromatic rings. The van der Waals surface area contributed by atoms with Gasteiger partial charge in [0.05, 0.1) is 27.2 Å². The molecular weight excluding hydrogens is 150 g/mol. The summed E-state index contributed by atoms with van der Waals surface area (Å²) in [5.41, 5.74) is 1.24. The maximum absolute atomic E-state index is 5.73. The monoisotopic (exact) mass is 170 g/mol. The molecular formula is C10H20NO+. The Kier molecular flexibility index (Phi) is 2.59. The van der Waals surface area contributed by atoms with E-state index in [4.69, 9.17) is 4.74 Å². The molecule has 1 heterocycles. The Balaban J connectivity index is 2.43. The first-order chi connectivity index (χ1) is 5.38. The Hall–Kier alpha value is -0.340. The summed E-state index contributed by atoms with van der Waals surface area (Å²) in [4.78, 5) is 0. The van der Waals surface area contributed by atoms with Crippen LogP contribution in [0.1, 0.15) is 13.3 Å². The van der Waals surface area contributed by atoms with Crippen molar-refractivity contribution >= 4 is 0 Å². The van der Waals surface area contributed by atoms with Gasteiger partial charge in [-0.05, 0) is 12.5 Å². The first-order valence-electron chi connectivity index (χ1n) is 4.52. The topological polar surface area (TPSA) is 9.23 Å². The van der Waals surface area contributed by atoms with Gasteiger partial charge < -0.3 is 9.22 Å². The molecule has 1 aliphatic rings. The van der Waals surface area contributed by atoms with Gasteiger partial charge in [-0.1, -0.05) is 6.58 Å². The van der Waals surface area contributed by atoms with Crippen LogP contribution in [0.15, 0.2) is 12.2 Å². The normalized spacial score (nSPS) is 31.2. The second-order valence-electron chi connectivity index (χ2n) is 4.74. The van der Waals surface area contributed by atoms with E-state index in [0.717, 1.165) is 17.4 Å². The van der Waals surface area contributed by atoms with Gasteiger partial charge in [-0.3, -0.25) is 0 Å². The van der Waals surface area contributed by atoms with Crippen LogP contribution in [0, 0.1) is 0 Å². The number of nitrogens with zero attached hydrogens (tertiary/aromatic N) is 1. The lowest BCUT2D eigenvalue weighted by molar-refractivity contribution is -0.873. The van der Waals surface area contributed by atoms with E-state index in [2.05, 4.69) is 34.6 Å². The van der Waals surface area contributed by atoms with Gasteiger partial charge in [-0.2, -0.15) is 0 Å². The van der Waals surface area contributed by atoms with Gasteiger partial charge in [0.15, 0.2) is 0 Å². The molecule has 2 atom stereocenters. The number of hydrogen-bond acceptors (Lipinski definition) is 1. The Morgan fingerprint density at radius 1 is 1.50 bits per heavy atom. The molecule has 0 radical (unpaired) electrons. The molecule has 0 aliphatic carbocycles. The molecule has 0 unspecified atom stereocenters. The van der Waals surface area contributed by atoms with Gasteiger partial charge in [0, 0.05) is 6.42 Å². The molecule has 1 aliphatic heterocycles. The van der Waals surface area contributed by atoms with E-state index in [9.17, 15) is 0 Å². The Morgan fingerprint density at radius 2 is 2.08 bits per heavy atom. The minimum Gasteiger partial charge on any atom is -0.365 e. The lowest BCUT2D eigenvalue weighted by atomic mass is 10.1. The number of likely N-dealkylation sites (N-methyl/N-ethyl adjacent to an activating group) is 1. The zero-order chi connectivity index (χ0) is 9.35. The van der Waals surface area contributed by atoms with Gasteiger partial charge in [-0.15, -0.1) is 0 Å². The molecule has 0 aromatic carbocycles. The highest BCUT2D eigenvalue weighted by Crippen LogP contribution is 2.24. The number of ether oxygens (including phenoxy) is 1. The second kappa shape index (κ2) is 3.19. The summed E-state index contributed by atoms with van der Waals surface area (Å²) in [6, 6.07) is 0. The summed E-state index contributed by atoms with van der Waals surface area (Å²) in [7, 11) is 6.57. The quantitative estimate of drug-likeness (QED) is 0.450. The van der Waals surface area contributed by atoms with Gasteiger partial charge in [0.25, 0.3) is 0 Å². The van der Waals surface area contributed by atoms with Crippen molar-refractivity contribution in [3.05, 3.63) is 12.2 Å². The highest BCUT2D eigenvalue weighted by atomic mass is 16.5. The van der Waals surface area contributed by atoms with Crippen molar-refractivity contribution in [1.29, 1.82) is 0 Å². The number of rotatable bonds is 2. The summed E-state index contributed by atoms with van der Waals surface area (Å²) >= 11 is 0. The summed E-state index contributed by atoms with van der Waals surface area (Å²) in [6.07, 6.45) is 1.69. The van der Waals surface area contributed by atoms with Gasteiger partial charge in [0.2, 0.25) is 0 Å². The van der Waals surface area contributed by atoms with E-state index in [-0.39, 0.29) is 6.10 Å². The molecule has 2 nitrogen and oxygen atoms in total. The molecule has 0 saturated carbocycles. The Morgan fingerprint density at radius 3 is 2.42 bits per heavy atom. The predicted molar refractivity (Wildman–Crippen MR) is 51.0 cm³/mol. The average molecular weight is 170 g/mol. The van der Waals surface area contributed by atoms with Crippen molar-refractivity contribution in [3.63, 3.8) is 0 Å². The Labute approximate surface area is 75.4 Å². The third kappa shape index (κ3) is 2.61. The van der Waals surface area contributed by atoms with Crippen LogP contribution in [0.2, 0.25) is 0 Å². The highest BCUT2D eigenvalue weighted by molar-refractivity contribution is 5.07. The lowest BCUT2D eigenvalue weighted by Gasteiger charge is -2.26. The molecule has 70 valence electrons. The fourth-order valence-corrected chi connectivity index (χ4v) is 1.61. The third-order valence-corrected chi connectivity index (χ3v) is 2.21. The van der Waals surface area contributed by atoms with Crippen molar-refractivity contribution in [3.8, 4) is 0 Å². The maximum Gasteiger partial charge on any atom is 0.111 e. The van der Waals surface area contributed by atoms with Crippen molar-refractivity contribution in [2.24, 2.45) is 0 Å². The minimum atomic E-state index is 0.265. The van der Waals surface area contributed by atoms with E-state index in [0.29, 0.717) is 6.10 Å². The molecule has 0 aromatic heterocycles. The highest BCUT2D eigenvalue weighted by Gasteiger charge is 2.29. The molecule has 0 spiro atoms. The van der Waals surface area contributed by atoms with Gasteiger partial charge >= 0.3 is 0 Å². The van der Waals surface area contributed by atoms with Crippen LogP contribution in [0.5, 0.6) is 0 Å². The fraction of sp³-hybridized carbons (Fsp3) is 0.800. The zero-order valence-electron chi connectivity index (χ0n) is 8.63. The van der Waals surface area contributed by atoms with Gasteiger partial charge in [0.1, 0.15) is 12.6 Å². The van der Waals surface area contributed by atoms with E-state index in [1.54, 1.807) is 0 Å². The smallest absolute Gasteiger partial charge is 0.111 e. The average Bonchev–Trinajstić information content (AvgIpc) is 2.07. The zero-order valence-corrected chi connectivity index (χ0v) is 8.63. The van der Waals surface area contributed by atoms with E-state index in [1.807, 2.05) is 0 Å². The molecule has 1 fully saturated rings. The number of hydrogen-bond donors (Lipinski definition) is 0. The Bertz CT molecular complexity index is 181. The lowest BCUT2D eigenvalue weighted by Crippen LogP contribution is -2.41. The molecule has 1 saturated heterocycles. The first-order valence-corrected chi connectivity index (χ1v) is 4.52. The van der Waals surface area contributed by atoms with Crippen LogP contribution in [-0.2, 0) is 4.74 Å². The molecule has 1 rings (SSSR count). The number of quaternary nitrogens is 1. The standard InChI is InChI=1S/C10H20NO/c1-8-6-10(12-9(8)2)7-11(3,4)5/h9-10H,1,6-7H2,2-5H3/q+1/t9-,10-/m1/s1. The summed E-state index contributed by atoms with van der Waals surface area (Å²) in [6.45, 7) is 7.14. The molecule has 0 amide bonds. The van der Waals surface area contributed by atoms with Crippen molar-refractivity contribution < 1.29 is 9.22 Å². The largest absolute Gasteiger partial charge is 0.365 e. The minimum absolute atomic E-state index is 0.265. The maximum atomic E-state index is 5.73. The first kappa shape index (κ1) is 9.75. The molecule has 2 heteroatoms. The van der Waals surface area contributed by atoms with Crippen LogP contribution < -0.4 is 0 Å². The van der Waals surface area contributed by atoms with Crippen LogP contribution in [-0.4, -0.2) is 44.4 Å². The predicted octanol–water partition coefficient (Wildman–Crippen LogP) is 1.43. The SMILES string of the molecule is C=C1C[C@H](C[N+](C)(C)C)O[C@@H]1C. The van der Waals surface area contributed by atoms with Crippen molar-refractivity contribution in [2.45, 2.75) is 25.6 Å². The third-order valence-electron chi connectivity index (χ3n) is 2.21. The molecule has 0 bridgehead atoms. The van der Waals surface area contributed by atoms with Crippen LogP contribution in [0.25, 0.3) is 0 Å². The van der Waals surface area contributed by atoms with E-state index < -0.39 is 0 Å². The second-order valence-corrected chi connectivity index (χ2v) is 4.74. The van der Waals surface area contributed by atoms with E-state index >= 15 is 0 Å². The molecule has 12 heavy (non-hydrogen) atoms. The van der Waals surface area contributed by atoms with Crippen LogP contribution in [0.4, 0.5) is 0 Å². The summed E-state index contributed by atoms with van der Waals surface area (Å²) in [5, 5.41) is 0.